The van der Waals surface area contributed by atoms with Crippen molar-refractivity contribution in [3.8, 4) is 0 Å². The average Bonchev–Trinajstić information content (AvgIpc) is 1.14. The second-order valence-electron chi connectivity index (χ2n) is 0.993. The molecule has 0 aromatic rings. The van der Waals surface area contributed by atoms with Gasteiger partial charge in [-0.3, -0.25) is 0 Å². The third-order valence-corrected chi connectivity index (χ3v) is 2.98. The van der Waals surface area contributed by atoms with Gasteiger partial charge in [0.2, 0.25) is 0 Å². The maximum absolute atomic E-state index is 9.64. The molecule has 11 heavy (non-hydrogen) atoms. The van der Waals surface area contributed by atoms with Crippen molar-refractivity contribution in [3.63, 3.8) is 0 Å². The van der Waals surface area contributed by atoms with E-state index >= 15 is 0 Å². The van der Waals surface area contributed by atoms with Gasteiger partial charge in [-0.15, -0.1) is 0 Å². The summed E-state index contributed by atoms with van der Waals surface area (Å²) in [5.41, 5.74) is 0. The molecule has 0 saturated heterocycles. The molecular formula is H8AsGaO7PbS. The Kier molecular flexibility index (Phi) is 10.4. The van der Waals surface area contributed by atoms with Gasteiger partial charge in [-0.05, 0) is 0 Å². The predicted molar refractivity (Wildman–Crippen MR) is 42.0 cm³/mol. The molecule has 2 radical (unpaired) electrons. The van der Waals surface area contributed by atoms with Crippen LogP contribution in [0, 0.1) is 0 Å². The minimum atomic E-state index is -5.68. The second-order valence-corrected chi connectivity index (χ2v) is 4.99. The molecule has 7 nitrogen and oxygen atoms in total. The molecule has 0 saturated carbocycles. The van der Waals surface area contributed by atoms with Gasteiger partial charge in [0.1, 0.15) is 0 Å². The van der Waals surface area contributed by atoms with Crippen LogP contribution in [0.5, 0.6) is 0 Å². The zero-order valence-electron chi connectivity index (χ0n) is 4.54. The zero-order chi connectivity index (χ0) is 7.71. The average molecular weight is 504 g/mol. The molecule has 0 aromatic carbocycles. The summed E-state index contributed by atoms with van der Waals surface area (Å²) < 4.78 is 54.7. The van der Waals surface area contributed by atoms with Gasteiger partial charge < -0.3 is 0 Å². The molecule has 0 aromatic heterocycles. The quantitative estimate of drug-likeness (QED) is 0.257. The van der Waals surface area contributed by atoms with E-state index in [1.165, 1.54) is 0 Å². The third kappa shape index (κ3) is 18.6. The number of rotatable bonds is 2. The van der Waals surface area contributed by atoms with Crippen LogP contribution in [0.4, 0.5) is 0 Å². The Bertz CT molecular complexity index is 225. The SMILES string of the molecule is O=S(=O)(O)O[As](=O)(O)O.[GaH3].[PbH2]. The first-order valence-electron chi connectivity index (χ1n) is 1.45. The van der Waals surface area contributed by atoms with Crippen molar-refractivity contribution >= 4 is 72.0 Å². The van der Waals surface area contributed by atoms with Crippen molar-refractivity contribution in [1.82, 2.24) is 0 Å². The molecule has 0 aliphatic rings. The molecule has 0 aliphatic carbocycles. The summed E-state index contributed by atoms with van der Waals surface area (Å²) in [7, 11) is -5.02. The molecule has 0 fully saturated rings. The van der Waals surface area contributed by atoms with Crippen LogP contribution in [0.2, 0.25) is 0 Å². The van der Waals surface area contributed by atoms with E-state index in [0.29, 0.717) is 0 Å². The standard InChI is InChI=1S/AsH3O7S.Ga.Pb.5H/c2-1(3,4)8-9(5,6)7;;;;;;;/h(H2,2,3,4)(H,5,6,7);;;;;;;. The fraction of sp³-hybridized carbons (Fsp3) is 0. The molecule has 0 rings (SSSR count). The Labute approximate surface area is 99.0 Å². The summed E-state index contributed by atoms with van der Waals surface area (Å²) in [6.45, 7) is 0. The molecule has 0 spiro atoms. The van der Waals surface area contributed by atoms with Gasteiger partial charge >= 0.3 is 100 Å². The van der Waals surface area contributed by atoms with E-state index in [0.717, 1.165) is 0 Å². The van der Waals surface area contributed by atoms with Gasteiger partial charge in [-0.25, -0.2) is 0 Å². The Morgan fingerprint density at radius 3 is 1.55 bits per heavy atom. The van der Waals surface area contributed by atoms with E-state index in [1.807, 2.05) is 0 Å². The van der Waals surface area contributed by atoms with Crippen molar-refractivity contribution in [1.29, 1.82) is 0 Å². The molecule has 11 heteroatoms. The van der Waals surface area contributed by atoms with Gasteiger partial charge in [-0.1, -0.05) is 0 Å². The third-order valence-electron chi connectivity index (χ3n) is 0.191. The van der Waals surface area contributed by atoms with Crippen LogP contribution in [0.25, 0.3) is 0 Å². The van der Waals surface area contributed by atoms with E-state index in [-0.39, 0.29) is 47.1 Å². The van der Waals surface area contributed by atoms with Crippen molar-refractivity contribution in [2.75, 3.05) is 0 Å². The summed E-state index contributed by atoms with van der Waals surface area (Å²) in [5, 5.41) is 0. The molecule has 68 valence electrons. The number of hydrogen-bond acceptors (Lipinski definition) is 4. The second kappa shape index (κ2) is 6.20. The van der Waals surface area contributed by atoms with Crippen LogP contribution in [-0.4, -0.2) is 82.8 Å². The first-order chi connectivity index (χ1) is 3.71. The van der Waals surface area contributed by atoms with Crippen LogP contribution in [0.3, 0.4) is 0 Å². The summed E-state index contributed by atoms with van der Waals surface area (Å²) >= 11 is -5.68. The summed E-state index contributed by atoms with van der Waals surface area (Å²) in [4.78, 5) is 0. The van der Waals surface area contributed by atoms with Gasteiger partial charge in [0.05, 0.1) is 0 Å². The first-order valence-corrected chi connectivity index (χ1v) is 6.02. The van der Waals surface area contributed by atoms with Crippen LogP contribution in [0.15, 0.2) is 0 Å². The van der Waals surface area contributed by atoms with E-state index in [4.69, 9.17) is 12.7 Å². The zero-order valence-corrected chi connectivity index (χ0v) is 12.7. The van der Waals surface area contributed by atoms with E-state index < -0.39 is 24.9 Å². The Balaban J connectivity index is -0.000000320. The molecule has 0 unspecified atom stereocenters. The van der Waals surface area contributed by atoms with Gasteiger partial charge in [0, 0.05) is 0 Å². The Morgan fingerprint density at radius 2 is 1.55 bits per heavy atom. The monoisotopic (exact) mass is 504 g/mol. The van der Waals surface area contributed by atoms with Crippen molar-refractivity contribution in [2.24, 2.45) is 0 Å². The molecule has 0 heterocycles. The van der Waals surface area contributed by atoms with E-state index in [9.17, 15) is 12.2 Å². The molecular weight excluding hydrogens is 496 g/mol. The Hall–Kier alpha value is 1.71. The molecule has 0 amide bonds. The summed E-state index contributed by atoms with van der Waals surface area (Å²) in [5.74, 6) is 0. The normalized spacial score (nSPS) is 11.2. The fourth-order valence-electron chi connectivity index (χ4n) is 0.123. The summed E-state index contributed by atoms with van der Waals surface area (Å²) in [6, 6.07) is 0. The van der Waals surface area contributed by atoms with E-state index in [2.05, 4.69) is 3.17 Å². The van der Waals surface area contributed by atoms with Crippen molar-refractivity contribution in [3.05, 3.63) is 0 Å². The first kappa shape index (κ1) is 18.5. The van der Waals surface area contributed by atoms with Crippen molar-refractivity contribution < 1.29 is 28.1 Å². The van der Waals surface area contributed by atoms with E-state index in [1.54, 1.807) is 0 Å². The predicted octanol–water partition coefficient (Wildman–Crippen LogP) is -4.44. The molecule has 0 bridgehead atoms. The van der Waals surface area contributed by atoms with Crippen LogP contribution < -0.4 is 0 Å². The number of hydrogen-bond donors (Lipinski definition) is 3. The minimum absolute atomic E-state index is 0. The van der Waals surface area contributed by atoms with Crippen LogP contribution in [-0.2, 0) is 17.3 Å². The van der Waals surface area contributed by atoms with Crippen LogP contribution >= 0.6 is 0 Å². The van der Waals surface area contributed by atoms with Gasteiger partial charge in [0.25, 0.3) is 0 Å². The van der Waals surface area contributed by atoms with Gasteiger partial charge in [-0.2, -0.15) is 0 Å². The van der Waals surface area contributed by atoms with Gasteiger partial charge in [0.15, 0.2) is 0 Å². The Morgan fingerprint density at radius 1 is 1.27 bits per heavy atom. The maximum atomic E-state index is 9.64. The summed E-state index contributed by atoms with van der Waals surface area (Å²) in [6.07, 6.45) is 0. The van der Waals surface area contributed by atoms with Crippen LogP contribution in [0.1, 0.15) is 0 Å². The topological polar surface area (TPSA) is 121 Å². The molecule has 0 atom stereocenters. The van der Waals surface area contributed by atoms with Crippen molar-refractivity contribution in [2.45, 2.75) is 0 Å². The molecule has 0 aliphatic heterocycles. The molecule has 3 N–H and O–H groups in total. The fourth-order valence-corrected chi connectivity index (χ4v) is 1.91.